The van der Waals surface area contributed by atoms with Crippen molar-refractivity contribution < 1.29 is 18.4 Å². The van der Waals surface area contributed by atoms with Crippen LogP contribution >= 0.6 is 0 Å². The summed E-state index contributed by atoms with van der Waals surface area (Å²) in [4.78, 5) is 27.8. The van der Waals surface area contributed by atoms with E-state index in [2.05, 4.69) is 9.88 Å². The summed E-state index contributed by atoms with van der Waals surface area (Å²) in [6, 6.07) is 18.9. The number of nitrogens with one attached hydrogen (secondary N) is 1. The van der Waals surface area contributed by atoms with Crippen molar-refractivity contribution in [3.8, 4) is 0 Å². The summed E-state index contributed by atoms with van der Waals surface area (Å²) in [5, 5.41) is 3.59. The van der Waals surface area contributed by atoms with Crippen LogP contribution in [0.3, 0.4) is 0 Å². The van der Waals surface area contributed by atoms with E-state index in [0.717, 1.165) is 34.3 Å². The molecule has 0 aliphatic carbocycles. The predicted octanol–water partition coefficient (Wildman–Crippen LogP) is 5.72. The highest BCUT2D eigenvalue weighted by molar-refractivity contribution is 6.10. The van der Waals surface area contributed by atoms with E-state index in [0.29, 0.717) is 23.2 Å². The first-order valence-corrected chi connectivity index (χ1v) is 11.8. The van der Waals surface area contributed by atoms with E-state index in [1.165, 1.54) is 11.0 Å². The maximum Gasteiger partial charge on any atom is 0.254 e. The third-order valence-electron chi connectivity index (χ3n) is 6.15. The average molecular weight is 490 g/mol. The number of aromatic nitrogens is 1. The van der Waals surface area contributed by atoms with Gasteiger partial charge in [-0.2, -0.15) is 0 Å². The van der Waals surface area contributed by atoms with Crippen molar-refractivity contribution in [3.05, 3.63) is 106 Å². The molecule has 1 N–H and O–H groups in total. The molecule has 4 rings (SSSR count). The van der Waals surface area contributed by atoms with Gasteiger partial charge in [0.05, 0.1) is 11.1 Å². The van der Waals surface area contributed by atoms with Gasteiger partial charge in [0.25, 0.3) is 11.8 Å². The molecular formula is C29H29F2N3O2. The predicted molar refractivity (Wildman–Crippen MR) is 137 cm³/mol. The standard InChI is InChI=1S/C29H29F2N3O2/c1-18(2)27-26(28(35)32-16-20-10-13-23(30)24(31)14-20)22-12-11-21(29(36)33(3)4)15-25(22)34(27)17-19-8-6-5-7-9-19/h5-15,18H,16-17H2,1-4H3,(H,32,35). The molecule has 0 fully saturated rings. The summed E-state index contributed by atoms with van der Waals surface area (Å²) in [7, 11) is 3.40. The van der Waals surface area contributed by atoms with Crippen molar-refractivity contribution in [2.24, 2.45) is 0 Å². The van der Waals surface area contributed by atoms with Gasteiger partial charge in [0.15, 0.2) is 11.6 Å². The lowest BCUT2D eigenvalue weighted by Crippen LogP contribution is -2.24. The summed E-state index contributed by atoms with van der Waals surface area (Å²) >= 11 is 0. The van der Waals surface area contributed by atoms with Crippen molar-refractivity contribution in [1.82, 2.24) is 14.8 Å². The van der Waals surface area contributed by atoms with E-state index >= 15 is 0 Å². The van der Waals surface area contributed by atoms with E-state index in [1.54, 1.807) is 20.2 Å². The molecule has 0 aliphatic rings. The Morgan fingerprint density at radius 1 is 0.917 bits per heavy atom. The Morgan fingerprint density at radius 3 is 2.28 bits per heavy atom. The van der Waals surface area contributed by atoms with Crippen LogP contribution in [0.4, 0.5) is 8.78 Å². The highest BCUT2D eigenvalue weighted by Gasteiger charge is 2.25. The number of benzene rings is 3. The van der Waals surface area contributed by atoms with E-state index in [9.17, 15) is 18.4 Å². The van der Waals surface area contributed by atoms with Gasteiger partial charge in [0.1, 0.15) is 0 Å². The van der Waals surface area contributed by atoms with Gasteiger partial charge in [-0.25, -0.2) is 8.78 Å². The molecule has 0 unspecified atom stereocenters. The minimum Gasteiger partial charge on any atom is -0.348 e. The molecule has 36 heavy (non-hydrogen) atoms. The van der Waals surface area contributed by atoms with Gasteiger partial charge in [0, 0.05) is 43.8 Å². The lowest BCUT2D eigenvalue weighted by molar-refractivity contribution is 0.0827. The molecule has 0 atom stereocenters. The van der Waals surface area contributed by atoms with Crippen molar-refractivity contribution in [1.29, 1.82) is 0 Å². The average Bonchev–Trinajstić information content (AvgIpc) is 3.18. The Hall–Kier alpha value is -4.00. The Balaban J connectivity index is 1.82. The fourth-order valence-corrected chi connectivity index (χ4v) is 4.46. The molecule has 186 valence electrons. The van der Waals surface area contributed by atoms with Crippen LogP contribution in [0.25, 0.3) is 10.9 Å². The second kappa shape index (κ2) is 10.3. The highest BCUT2D eigenvalue weighted by Crippen LogP contribution is 2.33. The number of halogens is 2. The van der Waals surface area contributed by atoms with Crippen LogP contribution in [0, 0.1) is 11.6 Å². The Morgan fingerprint density at radius 2 is 1.64 bits per heavy atom. The molecule has 0 aliphatic heterocycles. The van der Waals surface area contributed by atoms with Crippen LogP contribution < -0.4 is 5.32 Å². The number of rotatable bonds is 7. The van der Waals surface area contributed by atoms with E-state index in [-0.39, 0.29) is 24.3 Å². The number of carbonyl (C=O) groups excluding carboxylic acids is 2. The minimum absolute atomic E-state index is 0.00173. The Kier molecular flexibility index (Phi) is 7.20. The second-order valence-corrected chi connectivity index (χ2v) is 9.35. The monoisotopic (exact) mass is 489 g/mol. The lowest BCUT2D eigenvalue weighted by atomic mass is 10.0. The van der Waals surface area contributed by atoms with Gasteiger partial charge in [-0.3, -0.25) is 9.59 Å². The summed E-state index contributed by atoms with van der Waals surface area (Å²) in [6.45, 7) is 4.62. The molecule has 5 nitrogen and oxygen atoms in total. The third-order valence-corrected chi connectivity index (χ3v) is 6.15. The molecule has 0 radical (unpaired) electrons. The molecule has 1 heterocycles. The molecule has 0 bridgehead atoms. The first kappa shape index (κ1) is 25.1. The zero-order valence-corrected chi connectivity index (χ0v) is 20.8. The number of amides is 2. The molecule has 0 saturated carbocycles. The summed E-state index contributed by atoms with van der Waals surface area (Å²) in [6.07, 6.45) is 0. The van der Waals surface area contributed by atoms with Crippen LogP contribution in [0.5, 0.6) is 0 Å². The largest absolute Gasteiger partial charge is 0.348 e. The SMILES string of the molecule is CC(C)c1c(C(=O)NCc2ccc(F)c(F)c2)c2ccc(C(=O)N(C)C)cc2n1Cc1ccccc1. The molecular weight excluding hydrogens is 460 g/mol. The number of carbonyl (C=O) groups is 2. The topological polar surface area (TPSA) is 54.3 Å². The number of hydrogen-bond acceptors (Lipinski definition) is 2. The summed E-state index contributed by atoms with van der Waals surface area (Å²) < 4.78 is 29.1. The molecule has 7 heteroatoms. The van der Waals surface area contributed by atoms with Crippen molar-refractivity contribution in [3.63, 3.8) is 0 Å². The van der Waals surface area contributed by atoms with Gasteiger partial charge in [-0.05, 0) is 41.3 Å². The molecule has 1 aromatic heterocycles. The maximum absolute atomic E-state index is 13.7. The van der Waals surface area contributed by atoms with E-state index < -0.39 is 11.6 Å². The van der Waals surface area contributed by atoms with E-state index in [1.807, 2.05) is 56.3 Å². The van der Waals surface area contributed by atoms with Crippen molar-refractivity contribution in [2.45, 2.75) is 32.9 Å². The normalized spacial score (nSPS) is 11.2. The summed E-state index contributed by atoms with van der Waals surface area (Å²) in [5.74, 6) is -2.33. The van der Waals surface area contributed by atoms with Crippen molar-refractivity contribution in [2.75, 3.05) is 14.1 Å². The maximum atomic E-state index is 13.7. The number of fused-ring (bicyclic) bond motifs is 1. The van der Waals surface area contributed by atoms with Crippen molar-refractivity contribution >= 4 is 22.7 Å². The highest BCUT2D eigenvalue weighted by atomic mass is 19.2. The van der Waals surface area contributed by atoms with Crippen LogP contribution in [-0.2, 0) is 13.1 Å². The van der Waals surface area contributed by atoms with Gasteiger partial charge in [0.2, 0.25) is 0 Å². The Labute approximate surface area is 209 Å². The van der Waals surface area contributed by atoms with Crippen LogP contribution in [0.15, 0.2) is 66.7 Å². The van der Waals surface area contributed by atoms with Gasteiger partial charge < -0.3 is 14.8 Å². The second-order valence-electron chi connectivity index (χ2n) is 9.35. The van der Waals surface area contributed by atoms with Gasteiger partial charge in [-0.15, -0.1) is 0 Å². The first-order chi connectivity index (χ1) is 17.2. The fourth-order valence-electron chi connectivity index (χ4n) is 4.46. The Bertz CT molecular complexity index is 1430. The zero-order chi connectivity index (χ0) is 26.0. The smallest absolute Gasteiger partial charge is 0.254 e. The lowest BCUT2D eigenvalue weighted by Gasteiger charge is -2.16. The van der Waals surface area contributed by atoms with Gasteiger partial charge >= 0.3 is 0 Å². The molecule has 3 aromatic carbocycles. The first-order valence-electron chi connectivity index (χ1n) is 11.8. The van der Waals surface area contributed by atoms with Crippen LogP contribution in [-0.4, -0.2) is 35.4 Å². The molecule has 2 amide bonds. The number of nitrogens with zero attached hydrogens (tertiary/aromatic N) is 2. The summed E-state index contributed by atoms with van der Waals surface area (Å²) in [5.41, 5.74) is 4.19. The number of hydrogen-bond donors (Lipinski definition) is 1. The quantitative estimate of drug-likeness (QED) is 0.361. The van der Waals surface area contributed by atoms with Gasteiger partial charge in [-0.1, -0.05) is 56.3 Å². The zero-order valence-electron chi connectivity index (χ0n) is 20.8. The molecule has 0 saturated heterocycles. The van der Waals surface area contributed by atoms with Crippen LogP contribution in [0.1, 0.15) is 57.3 Å². The third kappa shape index (κ3) is 5.00. The fraction of sp³-hybridized carbons (Fsp3) is 0.241. The van der Waals surface area contributed by atoms with Crippen LogP contribution in [0.2, 0.25) is 0 Å². The van der Waals surface area contributed by atoms with E-state index in [4.69, 9.17) is 0 Å². The molecule has 4 aromatic rings. The molecule has 0 spiro atoms. The minimum atomic E-state index is -0.956.